The quantitative estimate of drug-likeness (QED) is 0.896. The predicted octanol–water partition coefficient (Wildman–Crippen LogP) is 2.78. The lowest BCUT2D eigenvalue weighted by Crippen LogP contribution is -2.28. The van der Waals surface area contributed by atoms with Gasteiger partial charge in [0.1, 0.15) is 5.75 Å². The summed E-state index contributed by atoms with van der Waals surface area (Å²) in [5.74, 6) is 1.15. The van der Waals surface area contributed by atoms with Gasteiger partial charge in [-0.15, -0.1) is 0 Å². The number of methoxy groups -OCH3 is 1. The molecule has 0 saturated heterocycles. The number of nitrogens with one attached hydrogen (secondary N) is 1. The predicted molar refractivity (Wildman–Crippen MR) is 86.2 cm³/mol. The summed E-state index contributed by atoms with van der Waals surface area (Å²) in [7, 11) is 1.68. The maximum absolute atomic E-state index is 11.9. The van der Waals surface area contributed by atoms with E-state index in [0.29, 0.717) is 12.2 Å². The molecular formula is C17H26N2O2. The first-order chi connectivity index (χ1) is 9.68. The standard InChI is InChI=1S/C17H26N2O2/c1-7-14(18)19-15(20)10-12-8-11(2)16(21-6)13(9-12)17(3,4)5/h7-9H,10,18H2,1-6H3,(H,19,20). The van der Waals surface area contributed by atoms with Crippen LogP contribution >= 0.6 is 0 Å². The number of amides is 1. The van der Waals surface area contributed by atoms with E-state index in [1.165, 1.54) is 0 Å². The molecule has 0 spiro atoms. The Morgan fingerprint density at radius 2 is 2.00 bits per heavy atom. The van der Waals surface area contributed by atoms with Crippen LogP contribution in [0.1, 0.15) is 44.4 Å². The van der Waals surface area contributed by atoms with E-state index in [2.05, 4.69) is 26.1 Å². The smallest absolute Gasteiger partial charge is 0.229 e. The van der Waals surface area contributed by atoms with E-state index in [0.717, 1.165) is 22.4 Å². The monoisotopic (exact) mass is 290 g/mol. The SMILES string of the molecule is CC=C(N)NC(=O)Cc1cc(C)c(OC)c(C(C)(C)C)c1. The Hall–Kier alpha value is -1.97. The number of hydrogen-bond acceptors (Lipinski definition) is 3. The molecule has 1 aromatic carbocycles. The summed E-state index contributed by atoms with van der Waals surface area (Å²) in [6.45, 7) is 10.2. The number of nitrogens with two attached hydrogens (primary N) is 1. The summed E-state index contributed by atoms with van der Waals surface area (Å²) in [5, 5.41) is 2.65. The van der Waals surface area contributed by atoms with Crippen molar-refractivity contribution < 1.29 is 9.53 Å². The average molecular weight is 290 g/mol. The fourth-order valence-corrected chi connectivity index (χ4v) is 2.24. The summed E-state index contributed by atoms with van der Waals surface area (Å²) in [6.07, 6.45) is 1.96. The summed E-state index contributed by atoms with van der Waals surface area (Å²) in [4.78, 5) is 11.9. The second-order valence-electron chi connectivity index (χ2n) is 6.21. The number of carbonyl (C=O) groups is 1. The minimum atomic E-state index is -0.116. The third-order valence-electron chi connectivity index (χ3n) is 3.31. The molecule has 1 rings (SSSR count). The summed E-state index contributed by atoms with van der Waals surface area (Å²) in [6, 6.07) is 4.02. The molecule has 0 saturated carbocycles. The fourth-order valence-electron chi connectivity index (χ4n) is 2.24. The first-order valence-electron chi connectivity index (χ1n) is 7.08. The van der Waals surface area contributed by atoms with Crippen LogP contribution in [0.25, 0.3) is 0 Å². The zero-order chi connectivity index (χ0) is 16.2. The Balaban J connectivity index is 3.11. The van der Waals surface area contributed by atoms with Crippen molar-refractivity contribution in [2.24, 2.45) is 5.73 Å². The highest BCUT2D eigenvalue weighted by atomic mass is 16.5. The van der Waals surface area contributed by atoms with Crippen LogP contribution in [0.4, 0.5) is 0 Å². The highest BCUT2D eigenvalue weighted by molar-refractivity contribution is 5.80. The van der Waals surface area contributed by atoms with E-state index in [9.17, 15) is 4.79 Å². The topological polar surface area (TPSA) is 64.3 Å². The van der Waals surface area contributed by atoms with Gasteiger partial charge >= 0.3 is 0 Å². The third-order valence-corrected chi connectivity index (χ3v) is 3.31. The fraction of sp³-hybridized carbons (Fsp3) is 0.471. The van der Waals surface area contributed by atoms with Crippen molar-refractivity contribution >= 4 is 5.91 Å². The van der Waals surface area contributed by atoms with Gasteiger partial charge in [0.05, 0.1) is 19.4 Å². The summed E-state index contributed by atoms with van der Waals surface area (Å²) in [5.41, 5.74) is 8.66. The van der Waals surface area contributed by atoms with Crippen LogP contribution in [0, 0.1) is 6.92 Å². The Kier molecular flexibility index (Phi) is 5.41. The Morgan fingerprint density at radius 1 is 1.38 bits per heavy atom. The number of ether oxygens (including phenoxy) is 1. The van der Waals surface area contributed by atoms with Gasteiger partial charge < -0.3 is 15.8 Å². The number of allylic oxidation sites excluding steroid dienone is 1. The minimum absolute atomic E-state index is 0.0507. The van der Waals surface area contributed by atoms with E-state index in [1.807, 2.05) is 19.1 Å². The second kappa shape index (κ2) is 6.66. The van der Waals surface area contributed by atoms with Gasteiger partial charge in [0.25, 0.3) is 0 Å². The van der Waals surface area contributed by atoms with Gasteiger partial charge in [-0.2, -0.15) is 0 Å². The van der Waals surface area contributed by atoms with E-state index >= 15 is 0 Å². The van der Waals surface area contributed by atoms with Crippen molar-refractivity contribution in [3.05, 3.63) is 40.7 Å². The first-order valence-corrected chi connectivity index (χ1v) is 7.08. The van der Waals surface area contributed by atoms with Gasteiger partial charge in [-0.25, -0.2) is 0 Å². The number of rotatable bonds is 4. The highest BCUT2D eigenvalue weighted by Gasteiger charge is 2.21. The third kappa shape index (κ3) is 4.52. The molecule has 0 aliphatic heterocycles. The maximum Gasteiger partial charge on any atom is 0.229 e. The van der Waals surface area contributed by atoms with E-state index < -0.39 is 0 Å². The molecule has 0 fully saturated rings. The van der Waals surface area contributed by atoms with Gasteiger partial charge in [-0.05, 0) is 36.5 Å². The molecule has 116 valence electrons. The zero-order valence-corrected chi connectivity index (χ0v) is 13.8. The molecule has 0 bridgehead atoms. The Morgan fingerprint density at radius 3 is 2.48 bits per heavy atom. The van der Waals surface area contributed by atoms with Crippen LogP contribution in [0.5, 0.6) is 5.75 Å². The highest BCUT2D eigenvalue weighted by Crippen LogP contribution is 2.34. The van der Waals surface area contributed by atoms with E-state index in [-0.39, 0.29) is 11.3 Å². The molecule has 0 heterocycles. The lowest BCUT2D eigenvalue weighted by molar-refractivity contribution is -0.119. The van der Waals surface area contributed by atoms with Crippen molar-refractivity contribution in [3.8, 4) is 5.75 Å². The van der Waals surface area contributed by atoms with E-state index in [4.69, 9.17) is 10.5 Å². The molecule has 0 aliphatic rings. The Labute approximate surface area is 127 Å². The van der Waals surface area contributed by atoms with Crippen LogP contribution < -0.4 is 15.8 Å². The van der Waals surface area contributed by atoms with Crippen molar-refractivity contribution in [1.29, 1.82) is 0 Å². The van der Waals surface area contributed by atoms with Crippen molar-refractivity contribution in [2.75, 3.05) is 7.11 Å². The average Bonchev–Trinajstić information content (AvgIpc) is 2.36. The molecule has 21 heavy (non-hydrogen) atoms. The molecule has 0 unspecified atom stereocenters. The largest absolute Gasteiger partial charge is 0.496 e. The molecule has 4 heteroatoms. The van der Waals surface area contributed by atoms with Gasteiger partial charge in [0.15, 0.2) is 0 Å². The van der Waals surface area contributed by atoms with Gasteiger partial charge in [0, 0.05) is 5.56 Å². The van der Waals surface area contributed by atoms with Crippen molar-refractivity contribution in [2.45, 2.75) is 46.5 Å². The van der Waals surface area contributed by atoms with Crippen LogP contribution in [0.3, 0.4) is 0 Å². The normalized spacial score (nSPS) is 12.2. The van der Waals surface area contributed by atoms with Gasteiger partial charge in [-0.1, -0.05) is 32.9 Å². The number of benzene rings is 1. The lowest BCUT2D eigenvalue weighted by atomic mass is 9.83. The molecule has 0 aliphatic carbocycles. The van der Waals surface area contributed by atoms with Crippen molar-refractivity contribution in [1.82, 2.24) is 5.32 Å². The van der Waals surface area contributed by atoms with Crippen LogP contribution in [0.2, 0.25) is 0 Å². The molecule has 0 aromatic heterocycles. The first kappa shape index (κ1) is 17.1. The zero-order valence-electron chi connectivity index (χ0n) is 13.8. The van der Waals surface area contributed by atoms with E-state index in [1.54, 1.807) is 20.1 Å². The molecular weight excluding hydrogens is 264 g/mol. The van der Waals surface area contributed by atoms with Crippen LogP contribution in [-0.2, 0) is 16.6 Å². The summed E-state index contributed by atoms with van der Waals surface area (Å²) >= 11 is 0. The van der Waals surface area contributed by atoms with Gasteiger partial charge in [-0.3, -0.25) is 4.79 Å². The van der Waals surface area contributed by atoms with Crippen LogP contribution in [0.15, 0.2) is 24.0 Å². The molecule has 4 nitrogen and oxygen atoms in total. The van der Waals surface area contributed by atoms with Crippen LogP contribution in [-0.4, -0.2) is 13.0 Å². The molecule has 1 aromatic rings. The van der Waals surface area contributed by atoms with Gasteiger partial charge in [0.2, 0.25) is 5.91 Å². The minimum Gasteiger partial charge on any atom is -0.496 e. The van der Waals surface area contributed by atoms with Crippen molar-refractivity contribution in [3.63, 3.8) is 0 Å². The second-order valence-corrected chi connectivity index (χ2v) is 6.21. The molecule has 0 atom stereocenters. The summed E-state index contributed by atoms with van der Waals surface area (Å²) < 4.78 is 5.51. The Bertz CT molecular complexity index is 555. The number of carbonyl (C=O) groups excluding carboxylic acids is 1. The number of aryl methyl sites for hydroxylation is 1. The molecule has 0 radical (unpaired) electrons. The lowest BCUT2D eigenvalue weighted by Gasteiger charge is -2.24. The number of hydrogen-bond donors (Lipinski definition) is 2. The maximum atomic E-state index is 11.9. The molecule has 3 N–H and O–H groups in total. The molecule has 1 amide bonds.